The topological polar surface area (TPSA) is 38.3 Å². The quantitative estimate of drug-likeness (QED) is 0.679. The number of hydrogen-bond acceptors (Lipinski definition) is 3. The monoisotopic (exact) mass is 187 g/mol. The highest BCUT2D eigenvalue weighted by Gasteiger charge is 2.13. The van der Waals surface area contributed by atoms with Gasteiger partial charge in [0, 0.05) is 12.6 Å². The Labute approximate surface area is 80.8 Å². The van der Waals surface area contributed by atoms with E-state index in [0.717, 1.165) is 6.54 Å². The largest absolute Gasteiger partial charge is 0.469 e. The standard InChI is InChI=1S/C10H21NO2/c1-8(6-9(12)13-5)11-7-10(2,3)4/h8,11H,6-7H2,1-5H3. The first-order chi connectivity index (χ1) is 5.85. The van der Waals surface area contributed by atoms with Crippen LogP contribution in [0.4, 0.5) is 0 Å². The Kier molecular flexibility index (Phi) is 4.99. The van der Waals surface area contributed by atoms with E-state index < -0.39 is 0 Å². The Morgan fingerprint density at radius 1 is 1.46 bits per heavy atom. The van der Waals surface area contributed by atoms with E-state index in [9.17, 15) is 4.79 Å². The van der Waals surface area contributed by atoms with Crippen LogP contribution in [0.2, 0.25) is 0 Å². The molecule has 1 unspecified atom stereocenters. The van der Waals surface area contributed by atoms with Crippen LogP contribution in [0.25, 0.3) is 0 Å². The van der Waals surface area contributed by atoms with Gasteiger partial charge in [0.05, 0.1) is 13.5 Å². The summed E-state index contributed by atoms with van der Waals surface area (Å²) in [5.74, 6) is -0.158. The summed E-state index contributed by atoms with van der Waals surface area (Å²) < 4.78 is 4.57. The average molecular weight is 187 g/mol. The summed E-state index contributed by atoms with van der Waals surface area (Å²) in [4.78, 5) is 10.9. The summed E-state index contributed by atoms with van der Waals surface area (Å²) in [5, 5.41) is 3.29. The molecule has 0 aliphatic rings. The minimum atomic E-state index is -0.158. The molecular weight excluding hydrogens is 166 g/mol. The van der Waals surface area contributed by atoms with Crippen LogP contribution in [-0.2, 0) is 9.53 Å². The highest BCUT2D eigenvalue weighted by atomic mass is 16.5. The molecule has 0 amide bonds. The first kappa shape index (κ1) is 12.4. The highest BCUT2D eigenvalue weighted by Crippen LogP contribution is 2.11. The van der Waals surface area contributed by atoms with Crippen LogP contribution in [-0.4, -0.2) is 25.7 Å². The molecule has 13 heavy (non-hydrogen) atoms. The van der Waals surface area contributed by atoms with Gasteiger partial charge in [0.25, 0.3) is 0 Å². The maximum absolute atomic E-state index is 10.9. The fourth-order valence-electron chi connectivity index (χ4n) is 0.886. The van der Waals surface area contributed by atoms with Crippen LogP contribution in [0.5, 0.6) is 0 Å². The molecule has 3 nitrogen and oxygen atoms in total. The number of ether oxygens (including phenoxy) is 1. The predicted octanol–water partition coefficient (Wildman–Crippen LogP) is 1.57. The first-order valence-corrected chi connectivity index (χ1v) is 4.65. The molecule has 0 saturated heterocycles. The molecule has 0 spiro atoms. The molecule has 0 aromatic carbocycles. The molecule has 1 N–H and O–H groups in total. The van der Waals surface area contributed by atoms with Crippen LogP contribution in [0, 0.1) is 5.41 Å². The van der Waals surface area contributed by atoms with Crippen LogP contribution < -0.4 is 5.32 Å². The van der Waals surface area contributed by atoms with E-state index in [1.807, 2.05) is 6.92 Å². The van der Waals surface area contributed by atoms with Crippen molar-refractivity contribution in [1.29, 1.82) is 0 Å². The molecule has 0 aromatic heterocycles. The van der Waals surface area contributed by atoms with E-state index in [0.29, 0.717) is 6.42 Å². The van der Waals surface area contributed by atoms with Crippen molar-refractivity contribution in [1.82, 2.24) is 5.32 Å². The van der Waals surface area contributed by atoms with Gasteiger partial charge >= 0.3 is 5.97 Å². The molecule has 0 aliphatic heterocycles. The summed E-state index contributed by atoms with van der Waals surface area (Å²) in [6.45, 7) is 9.37. The van der Waals surface area contributed by atoms with Gasteiger partial charge in [-0.15, -0.1) is 0 Å². The van der Waals surface area contributed by atoms with E-state index in [2.05, 4.69) is 30.8 Å². The minimum Gasteiger partial charge on any atom is -0.469 e. The molecule has 0 saturated carbocycles. The average Bonchev–Trinajstić information content (AvgIpc) is 1.99. The third-order valence-corrected chi connectivity index (χ3v) is 1.68. The van der Waals surface area contributed by atoms with Crippen LogP contribution in [0.15, 0.2) is 0 Å². The van der Waals surface area contributed by atoms with Crippen molar-refractivity contribution in [2.75, 3.05) is 13.7 Å². The van der Waals surface area contributed by atoms with Gasteiger partial charge in [0.1, 0.15) is 0 Å². The van der Waals surface area contributed by atoms with E-state index >= 15 is 0 Å². The molecule has 78 valence electrons. The van der Waals surface area contributed by atoms with Crippen molar-refractivity contribution in [2.24, 2.45) is 5.41 Å². The van der Waals surface area contributed by atoms with Crippen molar-refractivity contribution < 1.29 is 9.53 Å². The molecule has 0 fully saturated rings. The van der Waals surface area contributed by atoms with E-state index in [-0.39, 0.29) is 17.4 Å². The molecule has 0 aliphatic carbocycles. The lowest BCUT2D eigenvalue weighted by atomic mass is 9.96. The summed E-state index contributed by atoms with van der Waals surface area (Å²) in [5.41, 5.74) is 0.254. The summed E-state index contributed by atoms with van der Waals surface area (Å²) in [6, 6.07) is 0.187. The van der Waals surface area contributed by atoms with Gasteiger partial charge in [-0.1, -0.05) is 20.8 Å². The molecule has 0 aromatic rings. The lowest BCUT2D eigenvalue weighted by Gasteiger charge is -2.22. The Balaban J connectivity index is 3.63. The maximum atomic E-state index is 10.9. The second-order valence-electron chi connectivity index (χ2n) is 4.62. The second kappa shape index (κ2) is 5.22. The van der Waals surface area contributed by atoms with Crippen molar-refractivity contribution in [2.45, 2.75) is 40.2 Å². The van der Waals surface area contributed by atoms with Crippen molar-refractivity contribution >= 4 is 5.97 Å². The smallest absolute Gasteiger partial charge is 0.307 e. The van der Waals surface area contributed by atoms with Crippen molar-refractivity contribution in [3.8, 4) is 0 Å². The summed E-state index contributed by atoms with van der Waals surface area (Å²) >= 11 is 0. The lowest BCUT2D eigenvalue weighted by Crippen LogP contribution is -2.35. The molecular formula is C10H21NO2. The zero-order valence-electron chi connectivity index (χ0n) is 9.31. The van der Waals surface area contributed by atoms with E-state index in [1.54, 1.807) is 0 Å². The molecule has 0 radical (unpaired) electrons. The first-order valence-electron chi connectivity index (χ1n) is 4.65. The maximum Gasteiger partial charge on any atom is 0.307 e. The van der Waals surface area contributed by atoms with E-state index in [4.69, 9.17) is 0 Å². The zero-order valence-corrected chi connectivity index (χ0v) is 9.31. The third kappa shape index (κ3) is 7.78. The zero-order chi connectivity index (χ0) is 10.5. The SMILES string of the molecule is COC(=O)CC(C)NCC(C)(C)C. The van der Waals surface area contributed by atoms with Crippen LogP contribution in [0.1, 0.15) is 34.1 Å². The van der Waals surface area contributed by atoms with Gasteiger partial charge in [0.15, 0.2) is 0 Å². The van der Waals surface area contributed by atoms with Gasteiger partial charge in [-0.3, -0.25) is 4.79 Å². The lowest BCUT2D eigenvalue weighted by molar-refractivity contribution is -0.141. The normalized spacial score (nSPS) is 13.9. The number of esters is 1. The van der Waals surface area contributed by atoms with Gasteiger partial charge in [0.2, 0.25) is 0 Å². The Morgan fingerprint density at radius 3 is 2.38 bits per heavy atom. The molecule has 3 heteroatoms. The fraction of sp³-hybridized carbons (Fsp3) is 0.900. The van der Waals surface area contributed by atoms with Gasteiger partial charge in [-0.2, -0.15) is 0 Å². The fourth-order valence-corrected chi connectivity index (χ4v) is 0.886. The number of hydrogen-bond donors (Lipinski definition) is 1. The van der Waals surface area contributed by atoms with Gasteiger partial charge in [-0.05, 0) is 12.3 Å². The number of nitrogens with one attached hydrogen (secondary N) is 1. The van der Waals surface area contributed by atoms with E-state index in [1.165, 1.54) is 7.11 Å². The van der Waals surface area contributed by atoms with Crippen LogP contribution >= 0.6 is 0 Å². The number of methoxy groups -OCH3 is 1. The number of carbonyl (C=O) groups is 1. The number of rotatable bonds is 4. The Bertz CT molecular complexity index is 161. The molecule has 1 atom stereocenters. The third-order valence-electron chi connectivity index (χ3n) is 1.68. The molecule has 0 heterocycles. The summed E-state index contributed by atoms with van der Waals surface area (Å²) in [7, 11) is 1.42. The van der Waals surface area contributed by atoms with Gasteiger partial charge < -0.3 is 10.1 Å². The number of carbonyl (C=O) groups excluding carboxylic acids is 1. The summed E-state index contributed by atoms with van der Waals surface area (Å²) in [6.07, 6.45) is 0.437. The molecule has 0 rings (SSSR count). The molecule has 0 bridgehead atoms. The Morgan fingerprint density at radius 2 is 2.00 bits per heavy atom. The second-order valence-corrected chi connectivity index (χ2v) is 4.62. The predicted molar refractivity (Wildman–Crippen MR) is 53.6 cm³/mol. The van der Waals surface area contributed by atoms with Crippen molar-refractivity contribution in [3.63, 3.8) is 0 Å². The van der Waals surface area contributed by atoms with Gasteiger partial charge in [-0.25, -0.2) is 0 Å². The minimum absolute atomic E-state index is 0.158. The van der Waals surface area contributed by atoms with Crippen LogP contribution in [0.3, 0.4) is 0 Å². The Hall–Kier alpha value is -0.570. The van der Waals surface area contributed by atoms with Crippen molar-refractivity contribution in [3.05, 3.63) is 0 Å². The highest BCUT2D eigenvalue weighted by molar-refractivity contribution is 5.69.